The van der Waals surface area contributed by atoms with Gasteiger partial charge in [-0.05, 0) is 76.6 Å². The van der Waals surface area contributed by atoms with Crippen molar-refractivity contribution >= 4 is 0 Å². The van der Waals surface area contributed by atoms with Crippen LogP contribution >= 0.6 is 0 Å². The van der Waals surface area contributed by atoms with Crippen LogP contribution in [0.25, 0.3) is 22.3 Å². The highest BCUT2D eigenvalue weighted by molar-refractivity contribution is 5.85. The third-order valence-corrected chi connectivity index (χ3v) is 6.85. The lowest BCUT2D eigenvalue weighted by molar-refractivity contribution is 0.661. The van der Waals surface area contributed by atoms with Crippen molar-refractivity contribution in [3.05, 3.63) is 82.9 Å². The Hall–Kier alpha value is -2.34. The van der Waals surface area contributed by atoms with E-state index in [4.69, 9.17) is 0 Å². The van der Waals surface area contributed by atoms with Gasteiger partial charge in [0.2, 0.25) is 0 Å². The Morgan fingerprint density at radius 1 is 0.581 bits per heavy atom. The SMILES string of the molecule is CCCCCCc1cc(CCCCCC)cc(-c2cccc3c2Cc2ccccc2-3)c1. The molecule has 162 valence electrons. The van der Waals surface area contributed by atoms with E-state index < -0.39 is 0 Å². The Bertz CT molecular complexity index is 964. The first-order chi connectivity index (χ1) is 15.3. The summed E-state index contributed by atoms with van der Waals surface area (Å²) in [7, 11) is 0. The van der Waals surface area contributed by atoms with Crippen molar-refractivity contribution in [1.29, 1.82) is 0 Å². The summed E-state index contributed by atoms with van der Waals surface area (Å²) in [5, 5.41) is 0. The number of fused-ring (bicyclic) bond motifs is 3. The second kappa shape index (κ2) is 10.8. The van der Waals surface area contributed by atoms with Gasteiger partial charge in [0.05, 0.1) is 0 Å². The summed E-state index contributed by atoms with van der Waals surface area (Å²) in [5.41, 5.74) is 11.8. The number of aryl methyl sites for hydroxylation is 2. The molecule has 0 saturated carbocycles. The molecule has 3 aromatic carbocycles. The molecule has 0 fully saturated rings. The molecule has 0 nitrogen and oxygen atoms in total. The summed E-state index contributed by atoms with van der Waals surface area (Å²) in [5.74, 6) is 0. The number of rotatable bonds is 11. The summed E-state index contributed by atoms with van der Waals surface area (Å²) in [6.45, 7) is 4.59. The molecule has 0 bridgehead atoms. The summed E-state index contributed by atoms with van der Waals surface area (Å²) < 4.78 is 0. The van der Waals surface area contributed by atoms with Crippen molar-refractivity contribution in [2.24, 2.45) is 0 Å². The Morgan fingerprint density at radius 3 is 1.87 bits per heavy atom. The molecule has 1 aliphatic carbocycles. The van der Waals surface area contributed by atoms with Gasteiger partial charge in [0.25, 0.3) is 0 Å². The first-order valence-corrected chi connectivity index (χ1v) is 12.6. The lowest BCUT2D eigenvalue weighted by Gasteiger charge is -2.14. The van der Waals surface area contributed by atoms with E-state index in [9.17, 15) is 0 Å². The Kier molecular flexibility index (Phi) is 7.62. The van der Waals surface area contributed by atoms with Crippen molar-refractivity contribution < 1.29 is 0 Å². The fourth-order valence-corrected chi connectivity index (χ4v) is 5.15. The zero-order valence-corrected chi connectivity index (χ0v) is 19.6. The molecule has 0 aliphatic heterocycles. The van der Waals surface area contributed by atoms with E-state index in [0.717, 1.165) is 6.42 Å². The molecule has 0 saturated heterocycles. The average molecular weight is 411 g/mol. The highest BCUT2D eigenvalue weighted by Crippen LogP contribution is 2.41. The molecular weight excluding hydrogens is 372 g/mol. The first-order valence-electron chi connectivity index (χ1n) is 12.6. The summed E-state index contributed by atoms with van der Waals surface area (Å²) in [6.07, 6.45) is 14.1. The number of benzene rings is 3. The van der Waals surface area contributed by atoms with Gasteiger partial charge in [-0.15, -0.1) is 0 Å². The lowest BCUT2D eigenvalue weighted by atomic mass is 9.91. The van der Waals surface area contributed by atoms with Crippen LogP contribution in [0.2, 0.25) is 0 Å². The van der Waals surface area contributed by atoms with E-state index in [1.807, 2.05) is 0 Å². The van der Waals surface area contributed by atoms with Crippen molar-refractivity contribution in [1.82, 2.24) is 0 Å². The minimum atomic E-state index is 1.06. The van der Waals surface area contributed by atoms with Gasteiger partial charge in [-0.25, -0.2) is 0 Å². The topological polar surface area (TPSA) is 0 Å². The third-order valence-electron chi connectivity index (χ3n) is 6.85. The molecule has 0 heterocycles. The summed E-state index contributed by atoms with van der Waals surface area (Å²) >= 11 is 0. The van der Waals surface area contributed by atoms with Crippen molar-refractivity contribution in [2.45, 2.75) is 84.5 Å². The molecule has 1 aliphatic rings. The maximum Gasteiger partial charge on any atom is -0.000729 e. The molecule has 0 amide bonds. The van der Waals surface area contributed by atoms with Gasteiger partial charge < -0.3 is 0 Å². The maximum atomic E-state index is 2.50. The van der Waals surface area contributed by atoms with Crippen LogP contribution in [0.15, 0.2) is 60.7 Å². The third kappa shape index (κ3) is 5.29. The van der Waals surface area contributed by atoms with E-state index in [1.54, 1.807) is 0 Å². The molecule has 0 atom stereocenters. The summed E-state index contributed by atoms with van der Waals surface area (Å²) in [6, 6.07) is 23.3. The minimum absolute atomic E-state index is 1.06. The molecule has 0 radical (unpaired) electrons. The maximum absolute atomic E-state index is 2.50. The van der Waals surface area contributed by atoms with E-state index >= 15 is 0 Å². The molecule has 31 heavy (non-hydrogen) atoms. The van der Waals surface area contributed by atoms with Crippen LogP contribution in [0.4, 0.5) is 0 Å². The van der Waals surface area contributed by atoms with Gasteiger partial charge in [0.1, 0.15) is 0 Å². The van der Waals surface area contributed by atoms with E-state index in [-0.39, 0.29) is 0 Å². The smallest absolute Gasteiger partial charge is 0.000729 e. The zero-order chi connectivity index (χ0) is 21.5. The standard InChI is InChI=1S/C31H38/c1-3-5-7-9-14-24-20-25(15-10-8-6-4-2)22-27(21-24)29-18-13-19-30-28-17-12-11-16-26(28)23-31(29)30/h11-13,16-22H,3-10,14-15,23H2,1-2H3. The van der Waals surface area contributed by atoms with Gasteiger partial charge in [-0.3, -0.25) is 0 Å². The summed E-state index contributed by atoms with van der Waals surface area (Å²) in [4.78, 5) is 0. The van der Waals surface area contributed by atoms with Crippen molar-refractivity contribution in [2.75, 3.05) is 0 Å². The van der Waals surface area contributed by atoms with Crippen LogP contribution in [0.5, 0.6) is 0 Å². The van der Waals surface area contributed by atoms with Gasteiger partial charge in [-0.2, -0.15) is 0 Å². The molecule has 0 heteroatoms. The molecule has 3 aromatic rings. The van der Waals surface area contributed by atoms with Gasteiger partial charge in [0.15, 0.2) is 0 Å². The normalized spacial score (nSPS) is 12.1. The highest BCUT2D eigenvalue weighted by atomic mass is 14.2. The van der Waals surface area contributed by atoms with E-state index in [0.29, 0.717) is 0 Å². The zero-order valence-electron chi connectivity index (χ0n) is 19.6. The number of unbranched alkanes of at least 4 members (excludes halogenated alkanes) is 6. The van der Waals surface area contributed by atoms with Crippen LogP contribution in [0.3, 0.4) is 0 Å². The van der Waals surface area contributed by atoms with Gasteiger partial charge >= 0.3 is 0 Å². The van der Waals surface area contributed by atoms with E-state index in [1.165, 1.54) is 109 Å². The largest absolute Gasteiger partial charge is 0.0654 e. The highest BCUT2D eigenvalue weighted by Gasteiger charge is 2.21. The number of hydrogen-bond acceptors (Lipinski definition) is 0. The Labute approximate surface area is 189 Å². The van der Waals surface area contributed by atoms with Gasteiger partial charge in [0, 0.05) is 0 Å². The second-order valence-corrected chi connectivity index (χ2v) is 9.33. The fourth-order valence-electron chi connectivity index (χ4n) is 5.15. The van der Waals surface area contributed by atoms with Crippen LogP contribution in [-0.4, -0.2) is 0 Å². The quantitative estimate of drug-likeness (QED) is 0.216. The van der Waals surface area contributed by atoms with Crippen LogP contribution in [0, 0.1) is 0 Å². The molecule has 0 spiro atoms. The van der Waals surface area contributed by atoms with Crippen molar-refractivity contribution in [3.8, 4) is 22.3 Å². The predicted molar refractivity (Wildman–Crippen MR) is 136 cm³/mol. The van der Waals surface area contributed by atoms with E-state index in [2.05, 4.69) is 74.5 Å². The number of hydrogen-bond donors (Lipinski definition) is 0. The van der Waals surface area contributed by atoms with Crippen LogP contribution in [-0.2, 0) is 19.3 Å². The fraction of sp³-hybridized carbons (Fsp3) is 0.419. The minimum Gasteiger partial charge on any atom is -0.0654 e. The monoisotopic (exact) mass is 410 g/mol. The van der Waals surface area contributed by atoms with Crippen LogP contribution < -0.4 is 0 Å². The van der Waals surface area contributed by atoms with Gasteiger partial charge in [-0.1, -0.05) is 113 Å². The Balaban J connectivity index is 1.64. The molecule has 4 rings (SSSR count). The first kappa shape index (κ1) is 21.9. The lowest BCUT2D eigenvalue weighted by Crippen LogP contribution is -1.95. The predicted octanol–water partition coefficient (Wildman–Crippen LogP) is 9.17. The van der Waals surface area contributed by atoms with Crippen LogP contribution in [0.1, 0.15) is 87.5 Å². The average Bonchev–Trinajstić information content (AvgIpc) is 3.18. The van der Waals surface area contributed by atoms with Crippen molar-refractivity contribution in [3.63, 3.8) is 0 Å². The Morgan fingerprint density at radius 2 is 1.19 bits per heavy atom. The molecule has 0 unspecified atom stereocenters. The molecule has 0 N–H and O–H groups in total. The molecular formula is C31H38. The second-order valence-electron chi connectivity index (χ2n) is 9.33. The molecule has 0 aromatic heterocycles.